The highest BCUT2D eigenvalue weighted by Crippen LogP contribution is 2.51. The summed E-state index contributed by atoms with van der Waals surface area (Å²) in [6.45, 7) is 5.06. The fraction of sp³-hybridized carbons (Fsp3) is 0.692. The van der Waals surface area contributed by atoms with Gasteiger partial charge in [-0.15, -0.1) is 0 Å². The van der Waals surface area contributed by atoms with Crippen molar-refractivity contribution in [3.63, 3.8) is 0 Å². The summed E-state index contributed by atoms with van der Waals surface area (Å²) in [5.74, 6) is 0.684. The zero-order chi connectivity index (χ0) is 10.2. The first kappa shape index (κ1) is 9.97. The maximum atomic E-state index is 8.90. The molecule has 1 nitrogen and oxygen atoms in total. The molecule has 0 amide bonds. The van der Waals surface area contributed by atoms with Crippen LogP contribution in [0.2, 0.25) is 0 Å². The van der Waals surface area contributed by atoms with Gasteiger partial charge in [0.05, 0.1) is 0 Å². The lowest BCUT2D eigenvalue weighted by Crippen LogP contribution is -2.20. The lowest BCUT2D eigenvalue weighted by atomic mass is 9.76. The molecule has 0 fully saturated rings. The van der Waals surface area contributed by atoms with Crippen molar-refractivity contribution in [1.29, 1.82) is 0 Å². The van der Waals surface area contributed by atoms with Crippen molar-refractivity contribution in [3.05, 3.63) is 23.3 Å². The second-order valence-corrected chi connectivity index (χ2v) is 5.25. The molecular formula is C13H20O. The molecule has 1 unspecified atom stereocenters. The Hall–Kier alpha value is -0.560. The Morgan fingerprint density at radius 1 is 1.50 bits per heavy atom. The van der Waals surface area contributed by atoms with E-state index in [-0.39, 0.29) is 0 Å². The molecule has 2 rings (SSSR count). The molecule has 78 valence electrons. The Kier molecular flexibility index (Phi) is 2.52. The highest BCUT2D eigenvalue weighted by Gasteiger charge is 2.39. The van der Waals surface area contributed by atoms with E-state index in [0.29, 0.717) is 17.9 Å². The third-order valence-corrected chi connectivity index (χ3v) is 3.71. The molecule has 0 radical (unpaired) electrons. The highest BCUT2D eigenvalue weighted by atomic mass is 16.2. The fourth-order valence-corrected chi connectivity index (χ4v) is 3.04. The van der Waals surface area contributed by atoms with Gasteiger partial charge in [-0.3, -0.25) is 0 Å². The van der Waals surface area contributed by atoms with Crippen LogP contribution in [0.1, 0.15) is 39.5 Å². The second kappa shape index (κ2) is 3.54. The van der Waals surface area contributed by atoms with Gasteiger partial charge in [-0.2, -0.15) is 0 Å². The molecule has 0 bridgehead atoms. The largest absolute Gasteiger partial charge is 0.396 e. The molecule has 0 heterocycles. The Labute approximate surface area is 86.5 Å². The predicted octanol–water partition coefficient (Wildman–Crippen LogP) is 3.06. The van der Waals surface area contributed by atoms with E-state index in [9.17, 15) is 0 Å². The summed E-state index contributed by atoms with van der Waals surface area (Å²) in [6.07, 6.45) is 9.11. The van der Waals surface area contributed by atoms with Crippen molar-refractivity contribution < 1.29 is 5.11 Å². The predicted molar refractivity (Wildman–Crippen MR) is 59.0 cm³/mol. The maximum absolute atomic E-state index is 8.90. The zero-order valence-corrected chi connectivity index (χ0v) is 9.21. The normalized spacial score (nSPS) is 28.6. The molecule has 0 aromatic heterocycles. The SMILES string of the molecule is CC1(C)CC2=C(C=CC2)C1CCCO. The molecule has 14 heavy (non-hydrogen) atoms. The quantitative estimate of drug-likeness (QED) is 0.728. The van der Waals surface area contributed by atoms with Gasteiger partial charge in [0.1, 0.15) is 0 Å². The van der Waals surface area contributed by atoms with Gasteiger partial charge in [0.15, 0.2) is 0 Å². The summed E-state index contributed by atoms with van der Waals surface area (Å²) in [5.41, 5.74) is 3.66. The van der Waals surface area contributed by atoms with Gasteiger partial charge >= 0.3 is 0 Å². The van der Waals surface area contributed by atoms with Crippen molar-refractivity contribution >= 4 is 0 Å². The van der Waals surface area contributed by atoms with E-state index < -0.39 is 0 Å². The lowest BCUT2D eigenvalue weighted by molar-refractivity contribution is 0.224. The van der Waals surface area contributed by atoms with Crippen molar-refractivity contribution in [2.24, 2.45) is 11.3 Å². The van der Waals surface area contributed by atoms with Gasteiger partial charge in [-0.05, 0) is 42.6 Å². The van der Waals surface area contributed by atoms with Crippen molar-refractivity contribution in [2.45, 2.75) is 39.5 Å². The lowest BCUT2D eigenvalue weighted by Gasteiger charge is -2.29. The monoisotopic (exact) mass is 192 g/mol. The molecule has 0 spiro atoms. The number of hydrogen-bond acceptors (Lipinski definition) is 1. The van der Waals surface area contributed by atoms with Crippen LogP contribution < -0.4 is 0 Å². The molecule has 2 aliphatic rings. The molecule has 0 aromatic carbocycles. The van der Waals surface area contributed by atoms with Crippen LogP contribution in [-0.4, -0.2) is 11.7 Å². The topological polar surface area (TPSA) is 20.2 Å². The van der Waals surface area contributed by atoms with Gasteiger partial charge in [-0.1, -0.05) is 31.6 Å². The smallest absolute Gasteiger partial charge is 0.0431 e. The Bertz CT molecular complexity index is 284. The minimum atomic E-state index is 0.332. The fourth-order valence-electron chi connectivity index (χ4n) is 3.04. The molecule has 1 heteroatoms. The van der Waals surface area contributed by atoms with E-state index in [2.05, 4.69) is 26.0 Å². The molecule has 1 atom stereocenters. The van der Waals surface area contributed by atoms with E-state index in [4.69, 9.17) is 5.11 Å². The number of hydrogen-bond donors (Lipinski definition) is 1. The molecule has 0 saturated carbocycles. The average Bonchev–Trinajstić information content (AvgIpc) is 2.60. The van der Waals surface area contributed by atoms with E-state index in [0.717, 1.165) is 12.8 Å². The Balaban J connectivity index is 2.13. The Morgan fingerprint density at radius 3 is 3.00 bits per heavy atom. The number of rotatable bonds is 3. The number of aliphatic hydroxyl groups excluding tert-OH is 1. The van der Waals surface area contributed by atoms with E-state index >= 15 is 0 Å². The van der Waals surface area contributed by atoms with Crippen LogP contribution in [0.3, 0.4) is 0 Å². The van der Waals surface area contributed by atoms with Gasteiger partial charge in [0.2, 0.25) is 0 Å². The van der Waals surface area contributed by atoms with Crippen LogP contribution >= 0.6 is 0 Å². The summed E-state index contributed by atoms with van der Waals surface area (Å²) < 4.78 is 0. The first-order valence-electron chi connectivity index (χ1n) is 5.64. The summed E-state index contributed by atoms with van der Waals surface area (Å²) in [7, 11) is 0. The van der Waals surface area contributed by atoms with Crippen LogP contribution in [0, 0.1) is 11.3 Å². The summed E-state index contributed by atoms with van der Waals surface area (Å²) in [5, 5.41) is 8.90. The van der Waals surface area contributed by atoms with Gasteiger partial charge in [0, 0.05) is 6.61 Å². The van der Waals surface area contributed by atoms with E-state index in [1.54, 1.807) is 11.1 Å². The van der Waals surface area contributed by atoms with Crippen molar-refractivity contribution in [1.82, 2.24) is 0 Å². The summed E-state index contributed by atoms with van der Waals surface area (Å²) >= 11 is 0. The first-order valence-corrected chi connectivity index (χ1v) is 5.64. The number of allylic oxidation sites excluding steroid dienone is 4. The molecule has 2 aliphatic carbocycles. The third kappa shape index (κ3) is 1.54. The van der Waals surface area contributed by atoms with Crippen LogP contribution in [0.25, 0.3) is 0 Å². The minimum Gasteiger partial charge on any atom is -0.396 e. The van der Waals surface area contributed by atoms with Crippen LogP contribution in [-0.2, 0) is 0 Å². The van der Waals surface area contributed by atoms with E-state index in [1.807, 2.05) is 0 Å². The molecule has 0 saturated heterocycles. The molecular weight excluding hydrogens is 172 g/mol. The van der Waals surface area contributed by atoms with Crippen LogP contribution in [0.15, 0.2) is 23.3 Å². The molecule has 0 aromatic rings. The summed E-state index contributed by atoms with van der Waals surface area (Å²) in [4.78, 5) is 0. The van der Waals surface area contributed by atoms with Gasteiger partial charge in [0.25, 0.3) is 0 Å². The van der Waals surface area contributed by atoms with Crippen LogP contribution in [0.5, 0.6) is 0 Å². The minimum absolute atomic E-state index is 0.332. The standard InChI is InChI=1S/C13H20O/c1-13(2)9-10-5-3-6-11(10)12(13)7-4-8-14/h3,6,12,14H,4-5,7-9H2,1-2H3. The van der Waals surface area contributed by atoms with Crippen LogP contribution in [0.4, 0.5) is 0 Å². The average molecular weight is 192 g/mol. The second-order valence-electron chi connectivity index (χ2n) is 5.25. The third-order valence-electron chi connectivity index (χ3n) is 3.71. The molecule has 1 N–H and O–H groups in total. The number of aliphatic hydroxyl groups is 1. The maximum Gasteiger partial charge on any atom is 0.0431 e. The Morgan fingerprint density at radius 2 is 2.29 bits per heavy atom. The first-order chi connectivity index (χ1) is 6.65. The summed E-state index contributed by atoms with van der Waals surface area (Å²) in [6, 6.07) is 0. The molecule has 0 aliphatic heterocycles. The van der Waals surface area contributed by atoms with Gasteiger partial charge < -0.3 is 5.11 Å². The van der Waals surface area contributed by atoms with Gasteiger partial charge in [-0.25, -0.2) is 0 Å². The van der Waals surface area contributed by atoms with Crippen molar-refractivity contribution in [2.75, 3.05) is 6.61 Å². The van der Waals surface area contributed by atoms with E-state index in [1.165, 1.54) is 12.8 Å². The zero-order valence-electron chi connectivity index (χ0n) is 9.21. The van der Waals surface area contributed by atoms with Crippen molar-refractivity contribution in [3.8, 4) is 0 Å². The highest BCUT2D eigenvalue weighted by molar-refractivity contribution is 5.41.